The Morgan fingerprint density at radius 2 is 1.83 bits per heavy atom. The van der Waals surface area contributed by atoms with Crippen LogP contribution in [0.25, 0.3) is 0 Å². The molecule has 3 heterocycles. The van der Waals surface area contributed by atoms with Crippen molar-refractivity contribution >= 4 is 27.8 Å². The number of nitrogen functional groups attached to an aromatic ring is 1. The second kappa shape index (κ2) is 6.89. The van der Waals surface area contributed by atoms with Gasteiger partial charge in [-0.05, 0) is 38.5 Å². The van der Waals surface area contributed by atoms with E-state index in [-0.39, 0.29) is 6.10 Å². The summed E-state index contributed by atoms with van der Waals surface area (Å²) < 4.78 is 7.37. The fourth-order valence-electron chi connectivity index (χ4n) is 2.68. The van der Waals surface area contributed by atoms with E-state index in [1.54, 1.807) is 0 Å². The van der Waals surface area contributed by atoms with Crippen molar-refractivity contribution in [1.29, 1.82) is 5.41 Å². The molecule has 0 aromatic carbocycles. The van der Waals surface area contributed by atoms with Gasteiger partial charge in [0, 0.05) is 18.4 Å². The highest BCUT2D eigenvalue weighted by Gasteiger charge is 2.28. The van der Waals surface area contributed by atoms with E-state index in [2.05, 4.69) is 15.3 Å². The van der Waals surface area contributed by atoms with Gasteiger partial charge in [0.05, 0.1) is 12.6 Å². The Labute approximate surface area is 148 Å². The smallest absolute Gasteiger partial charge is 0.203 e. The normalized spacial score (nSPS) is 23.1. The molecule has 1 aliphatic heterocycles. The van der Waals surface area contributed by atoms with Crippen LogP contribution in [-0.4, -0.2) is 32.7 Å². The van der Waals surface area contributed by atoms with E-state index in [4.69, 9.17) is 15.9 Å². The maximum Gasteiger partial charge on any atom is 0.203 e. The van der Waals surface area contributed by atoms with Gasteiger partial charge in [-0.2, -0.15) is 5.10 Å². The molecule has 3 fully saturated rings. The molecule has 130 valence electrons. The van der Waals surface area contributed by atoms with Crippen molar-refractivity contribution in [3.63, 3.8) is 0 Å². The largest absolute Gasteiger partial charge is 0.376 e. The van der Waals surface area contributed by atoms with Crippen LogP contribution in [0.15, 0.2) is 0 Å². The van der Waals surface area contributed by atoms with E-state index >= 15 is 0 Å². The number of nitrogens with one attached hydrogen (secondary N) is 1. The predicted molar refractivity (Wildman–Crippen MR) is 93.2 cm³/mol. The number of nitrogens with two attached hydrogens (primary N) is 1. The minimum Gasteiger partial charge on any atom is -0.376 e. The maximum absolute atomic E-state index is 7.84. The van der Waals surface area contributed by atoms with Crippen LogP contribution in [0.5, 0.6) is 0 Å². The molecule has 7 nitrogen and oxygen atoms in total. The number of hydrogen-bond donors (Lipinski definition) is 2. The first-order chi connectivity index (χ1) is 11.7. The summed E-state index contributed by atoms with van der Waals surface area (Å²) >= 11 is 3.05. The van der Waals surface area contributed by atoms with Gasteiger partial charge < -0.3 is 10.5 Å². The fraction of sp³-hybridized carbons (Fsp3) is 0.733. The van der Waals surface area contributed by atoms with Crippen molar-refractivity contribution in [2.75, 3.05) is 12.3 Å². The minimum absolute atomic E-state index is 0.285. The molecule has 1 unspecified atom stereocenters. The van der Waals surface area contributed by atoms with E-state index < -0.39 is 0 Å². The summed E-state index contributed by atoms with van der Waals surface area (Å²) in [6.45, 7) is 1.64. The second-order valence-electron chi connectivity index (χ2n) is 6.59. The summed E-state index contributed by atoms with van der Waals surface area (Å²) in [6.07, 6.45) is 7.61. The molecular formula is C15H22N6OS2. The van der Waals surface area contributed by atoms with Gasteiger partial charge in [0.1, 0.15) is 10.0 Å². The lowest BCUT2D eigenvalue weighted by Gasteiger charge is -2.07. The lowest BCUT2D eigenvalue weighted by Crippen LogP contribution is -2.23. The zero-order valence-corrected chi connectivity index (χ0v) is 15.1. The van der Waals surface area contributed by atoms with Gasteiger partial charge >= 0.3 is 0 Å². The van der Waals surface area contributed by atoms with Crippen molar-refractivity contribution in [3.8, 4) is 0 Å². The van der Waals surface area contributed by atoms with E-state index in [0.717, 1.165) is 36.0 Å². The van der Waals surface area contributed by atoms with E-state index in [0.29, 0.717) is 21.8 Å². The molecule has 2 saturated carbocycles. The molecule has 3 aliphatic rings. The Balaban J connectivity index is 0.000000138. The number of ether oxygens (including phenoxy) is 1. The van der Waals surface area contributed by atoms with Crippen molar-refractivity contribution < 1.29 is 4.74 Å². The molecule has 2 aromatic heterocycles. The molecule has 0 spiro atoms. The Morgan fingerprint density at radius 1 is 1.08 bits per heavy atom. The SMILES string of the molecule is N=c1sc(C2CC2)nn1CC1CCCO1.Nc1nnc(C2CC2)s1. The minimum atomic E-state index is 0.285. The third-order valence-corrected chi connectivity index (χ3v) is 6.31. The molecule has 1 atom stereocenters. The fourth-order valence-corrected chi connectivity index (χ4v) is 4.42. The Kier molecular flexibility index (Phi) is 4.64. The molecule has 9 heteroatoms. The predicted octanol–water partition coefficient (Wildman–Crippen LogP) is 2.48. The summed E-state index contributed by atoms with van der Waals surface area (Å²) in [7, 11) is 0. The van der Waals surface area contributed by atoms with Crippen molar-refractivity contribution in [2.45, 2.75) is 63.0 Å². The zero-order valence-electron chi connectivity index (χ0n) is 13.5. The molecule has 0 bridgehead atoms. The van der Waals surface area contributed by atoms with Crippen LogP contribution in [0, 0.1) is 5.41 Å². The van der Waals surface area contributed by atoms with Crippen LogP contribution >= 0.6 is 22.7 Å². The third-order valence-electron chi connectivity index (χ3n) is 4.36. The molecule has 0 amide bonds. The molecule has 24 heavy (non-hydrogen) atoms. The van der Waals surface area contributed by atoms with Crippen LogP contribution < -0.4 is 10.5 Å². The molecule has 3 N–H and O–H groups in total. The molecular weight excluding hydrogens is 344 g/mol. The van der Waals surface area contributed by atoms with Gasteiger partial charge in [-0.15, -0.1) is 10.2 Å². The number of hydrogen-bond acceptors (Lipinski definition) is 8. The Bertz CT molecular complexity index is 739. The molecule has 0 radical (unpaired) electrons. The van der Waals surface area contributed by atoms with Crippen LogP contribution in [0.4, 0.5) is 5.13 Å². The highest BCUT2D eigenvalue weighted by Crippen LogP contribution is 2.41. The van der Waals surface area contributed by atoms with Crippen LogP contribution in [-0.2, 0) is 11.3 Å². The highest BCUT2D eigenvalue weighted by molar-refractivity contribution is 7.15. The molecule has 2 aromatic rings. The summed E-state index contributed by atoms with van der Waals surface area (Å²) in [6, 6.07) is 0. The first-order valence-corrected chi connectivity index (χ1v) is 10.2. The lowest BCUT2D eigenvalue weighted by atomic mass is 10.2. The molecule has 5 rings (SSSR count). The standard InChI is InChI=1S/C10H15N3OS.C5H7N3S/c11-10-13(6-8-2-1-5-14-8)12-9(15-10)7-3-4-7;6-5-8-7-4(9-5)3-1-2-3/h7-8,11H,1-6H2;3H,1-2H2,(H2,6,8). The number of anilines is 1. The lowest BCUT2D eigenvalue weighted by molar-refractivity contribution is 0.0928. The summed E-state index contributed by atoms with van der Waals surface area (Å²) in [4.78, 5) is 0.576. The van der Waals surface area contributed by atoms with E-state index in [1.165, 1.54) is 48.4 Å². The average molecular weight is 367 g/mol. The zero-order chi connectivity index (χ0) is 16.5. The van der Waals surface area contributed by atoms with Crippen LogP contribution in [0.2, 0.25) is 0 Å². The van der Waals surface area contributed by atoms with Gasteiger partial charge in [0.15, 0.2) is 4.80 Å². The van der Waals surface area contributed by atoms with Crippen LogP contribution in [0.3, 0.4) is 0 Å². The van der Waals surface area contributed by atoms with E-state index in [9.17, 15) is 0 Å². The molecule has 2 aliphatic carbocycles. The monoisotopic (exact) mass is 366 g/mol. The molecule has 1 saturated heterocycles. The Hall–Kier alpha value is -1.32. The second-order valence-corrected chi connectivity index (χ2v) is 8.64. The topological polar surface area (TPSA) is 103 Å². The maximum atomic E-state index is 7.84. The Morgan fingerprint density at radius 3 is 2.42 bits per heavy atom. The number of rotatable bonds is 4. The third kappa shape index (κ3) is 4.01. The highest BCUT2D eigenvalue weighted by atomic mass is 32.1. The quantitative estimate of drug-likeness (QED) is 0.865. The summed E-state index contributed by atoms with van der Waals surface area (Å²) in [5.41, 5.74) is 5.39. The van der Waals surface area contributed by atoms with Crippen molar-refractivity contribution in [1.82, 2.24) is 20.0 Å². The first kappa shape index (κ1) is 16.2. The van der Waals surface area contributed by atoms with Gasteiger partial charge in [-0.25, -0.2) is 4.68 Å². The van der Waals surface area contributed by atoms with Crippen molar-refractivity contribution in [2.24, 2.45) is 0 Å². The number of aromatic nitrogens is 4. The van der Waals surface area contributed by atoms with Crippen molar-refractivity contribution in [3.05, 3.63) is 14.8 Å². The number of nitrogens with zero attached hydrogens (tertiary/aromatic N) is 4. The first-order valence-electron chi connectivity index (χ1n) is 8.52. The van der Waals surface area contributed by atoms with Gasteiger partial charge in [0.2, 0.25) is 5.13 Å². The van der Waals surface area contributed by atoms with Gasteiger partial charge in [0.25, 0.3) is 0 Å². The van der Waals surface area contributed by atoms with Gasteiger partial charge in [-0.1, -0.05) is 22.7 Å². The summed E-state index contributed by atoms with van der Waals surface area (Å²) in [5, 5.41) is 22.9. The summed E-state index contributed by atoms with van der Waals surface area (Å²) in [5.74, 6) is 1.35. The van der Waals surface area contributed by atoms with E-state index in [1.807, 2.05) is 4.68 Å². The van der Waals surface area contributed by atoms with Crippen LogP contribution in [0.1, 0.15) is 60.4 Å². The average Bonchev–Trinajstić information content (AvgIpc) is 3.48. The van der Waals surface area contributed by atoms with Gasteiger partial charge in [-0.3, -0.25) is 5.41 Å².